The lowest BCUT2D eigenvalue weighted by atomic mass is 10.1. The first kappa shape index (κ1) is 22.5. The number of carbonyl (C=O) groups excluding carboxylic acids is 1. The minimum Gasteiger partial charge on any atom is -0.494 e. The standard InChI is InChI=1S/C21H28N2O5S/c1-5-20(21(24)22-16-9-8-10-19(15-16)28-7-3)23(29(4,25)26)17-11-13-18(14-12-17)27-6-2/h8-15,20H,5-7H2,1-4H3,(H,22,24). The van der Waals surface area contributed by atoms with E-state index in [0.717, 1.165) is 10.6 Å². The highest BCUT2D eigenvalue weighted by molar-refractivity contribution is 7.92. The molecule has 0 aliphatic heterocycles. The van der Waals surface area contributed by atoms with Crippen LogP contribution in [0, 0.1) is 0 Å². The number of hydrogen-bond donors (Lipinski definition) is 1. The lowest BCUT2D eigenvalue weighted by Gasteiger charge is -2.30. The Labute approximate surface area is 172 Å². The SMILES string of the molecule is CCOc1ccc(N(C(CC)C(=O)Nc2cccc(OCC)c2)S(C)(=O)=O)cc1. The van der Waals surface area contributed by atoms with Crippen LogP contribution in [0.25, 0.3) is 0 Å². The van der Waals surface area contributed by atoms with Gasteiger partial charge in [-0.15, -0.1) is 0 Å². The molecule has 1 amide bonds. The van der Waals surface area contributed by atoms with E-state index in [-0.39, 0.29) is 0 Å². The summed E-state index contributed by atoms with van der Waals surface area (Å²) in [7, 11) is -3.70. The fourth-order valence-electron chi connectivity index (χ4n) is 2.97. The normalized spacial score (nSPS) is 12.1. The predicted molar refractivity (Wildman–Crippen MR) is 115 cm³/mol. The van der Waals surface area contributed by atoms with Gasteiger partial charge < -0.3 is 14.8 Å². The lowest BCUT2D eigenvalue weighted by molar-refractivity contribution is -0.117. The molecule has 2 aromatic carbocycles. The van der Waals surface area contributed by atoms with Gasteiger partial charge in [0.1, 0.15) is 17.5 Å². The van der Waals surface area contributed by atoms with Crippen LogP contribution in [0.15, 0.2) is 48.5 Å². The van der Waals surface area contributed by atoms with Gasteiger partial charge in [-0.25, -0.2) is 8.42 Å². The van der Waals surface area contributed by atoms with Gasteiger partial charge in [0.25, 0.3) is 0 Å². The van der Waals surface area contributed by atoms with Gasteiger partial charge in [0, 0.05) is 11.8 Å². The molecule has 0 saturated heterocycles. The molecule has 2 rings (SSSR count). The van der Waals surface area contributed by atoms with E-state index in [4.69, 9.17) is 9.47 Å². The number of ether oxygens (including phenoxy) is 2. The molecular weight excluding hydrogens is 392 g/mol. The van der Waals surface area contributed by atoms with Crippen molar-refractivity contribution in [2.45, 2.75) is 33.2 Å². The number of amides is 1. The van der Waals surface area contributed by atoms with Crippen LogP contribution in [0.2, 0.25) is 0 Å². The molecule has 0 aromatic heterocycles. The topological polar surface area (TPSA) is 84.9 Å². The molecular formula is C21H28N2O5S. The van der Waals surface area contributed by atoms with Gasteiger partial charge in [-0.05, 0) is 56.7 Å². The van der Waals surface area contributed by atoms with Crippen LogP contribution in [-0.4, -0.2) is 39.8 Å². The second kappa shape index (κ2) is 10.2. The molecule has 0 bridgehead atoms. The zero-order valence-electron chi connectivity index (χ0n) is 17.2. The average Bonchev–Trinajstić information content (AvgIpc) is 2.66. The lowest BCUT2D eigenvalue weighted by Crippen LogP contribution is -2.47. The molecule has 0 fully saturated rings. The maximum Gasteiger partial charge on any atom is 0.248 e. The molecule has 1 unspecified atom stereocenters. The first-order valence-corrected chi connectivity index (χ1v) is 11.4. The molecule has 1 N–H and O–H groups in total. The van der Waals surface area contributed by atoms with Crippen LogP contribution in [0.3, 0.4) is 0 Å². The van der Waals surface area contributed by atoms with Gasteiger partial charge in [-0.2, -0.15) is 0 Å². The van der Waals surface area contributed by atoms with E-state index in [2.05, 4.69) is 5.32 Å². The number of nitrogens with one attached hydrogen (secondary N) is 1. The fourth-order valence-corrected chi connectivity index (χ4v) is 4.18. The van der Waals surface area contributed by atoms with Crippen LogP contribution < -0.4 is 19.1 Å². The Morgan fingerprint density at radius 1 is 1.00 bits per heavy atom. The summed E-state index contributed by atoms with van der Waals surface area (Å²) in [4.78, 5) is 13.0. The highest BCUT2D eigenvalue weighted by atomic mass is 32.2. The molecule has 1 atom stereocenters. The fraction of sp³-hybridized carbons (Fsp3) is 0.381. The minimum absolute atomic E-state index is 0.303. The highest BCUT2D eigenvalue weighted by Crippen LogP contribution is 2.26. The maximum atomic E-state index is 13.0. The van der Waals surface area contributed by atoms with Crippen molar-refractivity contribution in [2.75, 3.05) is 29.1 Å². The minimum atomic E-state index is -3.70. The smallest absolute Gasteiger partial charge is 0.248 e. The van der Waals surface area contributed by atoms with Gasteiger partial charge in [0.05, 0.1) is 25.2 Å². The summed E-state index contributed by atoms with van der Waals surface area (Å²) in [5, 5.41) is 2.80. The van der Waals surface area contributed by atoms with Crippen LogP contribution in [0.5, 0.6) is 11.5 Å². The summed E-state index contributed by atoms with van der Waals surface area (Å²) in [6.45, 7) is 6.53. The summed E-state index contributed by atoms with van der Waals surface area (Å²) in [5.41, 5.74) is 0.945. The van der Waals surface area contributed by atoms with Crippen molar-refractivity contribution in [2.24, 2.45) is 0 Å². The zero-order chi connectivity index (χ0) is 21.4. The zero-order valence-corrected chi connectivity index (χ0v) is 18.0. The van der Waals surface area contributed by atoms with Gasteiger partial charge in [0.2, 0.25) is 15.9 Å². The first-order chi connectivity index (χ1) is 13.8. The molecule has 158 valence electrons. The summed E-state index contributed by atoms with van der Waals surface area (Å²) in [6.07, 6.45) is 1.40. The molecule has 0 aliphatic rings. The van der Waals surface area contributed by atoms with E-state index in [0.29, 0.717) is 42.5 Å². The maximum absolute atomic E-state index is 13.0. The number of sulfonamides is 1. The molecule has 0 saturated carbocycles. The van der Waals surface area contributed by atoms with Crippen molar-refractivity contribution in [1.29, 1.82) is 0 Å². The van der Waals surface area contributed by atoms with Crippen LogP contribution in [0.4, 0.5) is 11.4 Å². The number of hydrogen-bond acceptors (Lipinski definition) is 5. The Balaban J connectivity index is 2.30. The van der Waals surface area contributed by atoms with Gasteiger partial charge >= 0.3 is 0 Å². The summed E-state index contributed by atoms with van der Waals surface area (Å²) in [6, 6.07) is 12.7. The van der Waals surface area contributed by atoms with Crippen molar-refractivity contribution in [3.05, 3.63) is 48.5 Å². The highest BCUT2D eigenvalue weighted by Gasteiger charge is 2.31. The molecule has 0 radical (unpaired) electrons. The number of rotatable bonds is 10. The Hall–Kier alpha value is -2.74. The molecule has 7 nitrogen and oxygen atoms in total. The van der Waals surface area contributed by atoms with Crippen molar-refractivity contribution in [3.63, 3.8) is 0 Å². The third-order valence-electron chi connectivity index (χ3n) is 4.14. The van der Waals surface area contributed by atoms with Crippen molar-refractivity contribution in [1.82, 2.24) is 0 Å². The van der Waals surface area contributed by atoms with Crippen LogP contribution in [0.1, 0.15) is 27.2 Å². The Morgan fingerprint density at radius 3 is 2.17 bits per heavy atom. The molecule has 8 heteroatoms. The Bertz CT molecular complexity index is 913. The van der Waals surface area contributed by atoms with Gasteiger partial charge in [-0.3, -0.25) is 9.10 Å². The second-order valence-electron chi connectivity index (χ2n) is 6.36. The summed E-state index contributed by atoms with van der Waals surface area (Å²) < 4.78 is 37.1. The average molecular weight is 421 g/mol. The predicted octanol–water partition coefficient (Wildman–Crippen LogP) is 3.67. The van der Waals surface area contributed by atoms with E-state index >= 15 is 0 Å². The van der Waals surface area contributed by atoms with E-state index in [1.54, 1.807) is 55.5 Å². The Morgan fingerprint density at radius 2 is 1.62 bits per heavy atom. The molecule has 29 heavy (non-hydrogen) atoms. The van der Waals surface area contributed by atoms with E-state index < -0.39 is 22.0 Å². The second-order valence-corrected chi connectivity index (χ2v) is 8.22. The largest absolute Gasteiger partial charge is 0.494 e. The van der Waals surface area contributed by atoms with Crippen molar-refractivity contribution in [3.8, 4) is 11.5 Å². The molecule has 0 aliphatic carbocycles. The van der Waals surface area contributed by atoms with E-state index in [1.807, 2.05) is 13.8 Å². The molecule has 0 heterocycles. The quantitative estimate of drug-likeness (QED) is 0.634. The number of benzene rings is 2. The molecule has 0 spiro atoms. The van der Waals surface area contributed by atoms with Gasteiger partial charge in [-0.1, -0.05) is 13.0 Å². The van der Waals surface area contributed by atoms with E-state index in [1.165, 1.54) is 0 Å². The van der Waals surface area contributed by atoms with E-state index in [9.17, 15) is 13.2 Å². The van der Waals surface area contributed by atoms with Crippen LogP contribution >= 0.6 is 0 Å². The van der Waals surface area contributed by atoms with Gasteiger partial charge in [0.15, 0.2) is 0 Å². The Kier molecular flexibility index (Phi) is 7.90. The monoisotopic (exact) mass is 420 g/mol. The summed E-state index contributed by atoms with van der Waals surface area (Å²) in [5.74, 6) is 0.847. The number of nitrogens with zero attached hydrogens (tertiary/aromatic N) is 1. The summed E-state index contributed by atoms with van der Waals surface area (Å²) >= 11 is 0. The van der Waals surface area contributed by atoms with Crippen LogP contribution in [-0.2, 0) is 14.8 Å². The van der Waals surface area contributed by atoms with Crippen molar-refractivity contribution >= 4 is 27.3 Å². The first-order valence-electron chi connectivity index (χ1n) is 9.56. The van der Waals surface area contributed by atoms with Crippen molar-refractivity contribution < 1.29 is 22.7 Å². The number of carbonyl (C=O) groups is 1. The third kappa shape index (κ3) is 6.12. The third-order valence-corrected chi connectivity index (χ3v) is 5.32. The molecule has 2 aromatic rings. The number of anilines is 2.